The van der Waals surface area contributed by atoms with E-state index in [1.54, 1.807) is 18.5 Å². The molecule has 0 saturated carbocycles. The van der Waals surface area contributed by atoms with Gasteiger partial charge >= 0.3 is 0 Å². The third kappa shape index (κ3) is 3.68. The van der Waals surface area contributed by atoms with E-state index in [9.17, 15) is 0 Å². The van der Waals surface area contributed by atoms with Crippen molar-refractivity contribution in [3.8, 4) is 5.88 Å². The number of ether oxygens (including phenoxy) is 1. The molecule has 0 atom stereocenters. The third-order valence-electron chi connectivity index (χ3n) is 2.10. The Labute approximate surface area is 113 Å². The van der Waals surface area contributed by atoms with Gasteiger partial charge in [-0.05, 0) is 34.1 Å². The molecule has 17 heavy (non-hydrogen) atoms. The summed E-state index contributed by atoms with van der Waals surface area (Å²) in [7, 11) is 0. The molecule has 0 aliphatic heterocycles. The third-order valence-corrected chi connectivity index (χ3v) is 2.87. The van der Waals surface area contributed by atoms with Crippen LogP contribution < -0.4 is 4.74 Å². The monoisotopic (exact) mass is 312 g/mol. The van der Waals surface area contributed by atoms with E-state index in [2.05, 4.69) is 25.9 Å². The Hall–Kier alpha value is -1.13. The van der Waals surface area contributed by atoms with E-state index in [1.807, 2.05) is 18.2 Å². The maximum Gasteiger partial charge on any atom is 0.228 e. The Bertz CT molecular complexity index is 493. The number of halogens is 2. The summed E-state index contributed by atoms with van der Waals surface area (Å²) < 4.78 is 6.29. The molecule has 0 bridgehead atoms. The molecule has 2 aromatic rings. The zero-order valence-electron chi connectivity index (χ0n) is 8.94. The average molecular weight is 314 g/mol. The predicted molar refractivity (Wildman–Crippen MR) is 70.4 cm³/mol. The van der Waals surface area contributed by atoms with E-state index in [0.29, 0.717) is 17.5 Å². The summed E-state index contributed by atoms with van der Waals surface area (Å²) in [4.78, 5) is 8.30. The van der Waals surface area contributed by atoms with Crippen LogP contribution in [0.4, 0.5) is 0 Å². The number of rotatable bonds is 4. The first-order chi connectivity index (χ1) is 8.25. The average Bonchev–Trinajstić information content (AvgIpc) is 2.33. The zero-order chi connectivity index (χ0) is 12.1. The second kappa shape index (κ2) is 5.98. The summed E-state index contributed by atoms with van der Waals surface area (Å²) in [5.41, 5.74) is 0.998. The first-order valence-electron chi connectivity index (χ1n) is 5.09. The Balaban J connectivity index is 1.90. The van der Waals surface area contributed by atoms with Crippen molar-refractivity contribution in [3.05, 3.63) is 51.8 Å². The van der Waals surface area contributed by atoms with Crippen LogP contribution in [-0.2, 0) is 6.42 Å². The largest absolute Gasteiger partial charge is 0.476 e. The lowest BCUT2D eigenvalue weighted by atomic mass is 10.3. The van der Waals surface area contributed by atoms with Crippen molar-refractivity contribution >= 4 is 27.5 Å². The molecule has 0 amide bonds. The zero-order valence-corrected chi connectivity index (χ0v) is 11.3. The number of aromatic nitrogens is 2. The van der Waals surface area contributed by atoms with E-state index in [4.69, 9.17) is 16.3 Å². The lowest BCUT2D eigenvalue weighted by molar-refractivity contribution is 0.306. The van der Waals surface area contributed by atoms with Gasteiger partial charge in [-0.15, -0.1) is 0 Å². The van der Waals surface area contributed by atoms with Gasteiger partial charge in [-0.3, -0.25) is 4.98 Å². The second-order valence-corrected chi connectivity index (χ2v) is 4.65. The van der Waals surface area contributed by atoms with E-state index < -0.39 is 0 Å². The van der Waals surface area contributed by atoms with E-state index in [1.165, 1.54) is 0 Å². The number of pyridine rings is 2. The predicted octanol–water partition coefficient (Wildman–Crippen LogP) is 3.51. The van der Waals surface area contributed by atoms with Crippen molar-refractivity contribution < 1.29 is 4.74 Å². The molecule has 2 heterocycles. The smallest absolute Gasteiger partial charge is 0.228 e. The summed E-state index contributed by atoms with van der Waals surface area (Å²) in [5.74, 6) is 0.547. The molecular formula is C12H10BrClN2O. The van der Waals surface area contributed by atoms with E-state index in [-0.39, 0.29) is 0 Å². The minimum atomic E-state index is 0.532. The van der Waals surface area contributed by atoms with Crippen LogP contribution in [0.2, 0.25) is 5.02 Å². The van der Waals surface area contributed by atoms with Gasteiger partial charge in [-0.1, -0.05) is 17.7 Å². The van der Waals surface area contributed by atoms with Crippen molar-refractivity contribution in [2.45, 2.75) is 6.42 Å². The maximum absolute atomic E-state index is 5.79. The van der Waals surface area contributed by atoms with Crippen molar-refractivity contribution in [3.63, 3.8) is 0 Å². The molecule has 0 radical (unpaired) electrons. The highest BCUT2D eigenvalue weighted by Gasteiger charge is 2.03. The highest BCUT2D eigenvalue weighted by Crippen LogP contribution is 2.25. The van der Waals surface area contributed by atoms with Gasteiger partial charge in [0.05, 0.1) is 16.1 Å². The van der Waals surface area contributed by atoms with Crippen LogP contribution in [0.25, 0.3) is 0 Å². The van der Waals surface area contributed by atoms with Crippen LogP contribution >= 0.6 is 27.5 Å². The lowest BCUT2D eigenvalue weighted by Crippen LogP contribution is -2.04. The van der Waals surface area contributed by atoms with Crippen LogP contribution in [0.1, 0.15) is 5.69 Å². The summed E-state index contributed by atoms with van der Waals surface area (Å²) >= 11 is 9.13. The van der Waals surface area contributed by atoms with Gasteiger partial charge in [-0.2, -0.15) is 0 Å². The molecule has 0 fully saturated rings. The van der Waals surface area contributed by atoms with Crippen molar-refractivity contribution in [2.24, 2.45) is 0 Å². The van der Waals surface area contributed by atoms with Crippen molar-refractivity contribution in [1.82, 2.24) is 9.97 Å². The van der Waals surface area contributed by atoms with Crippen LogP contribution in [-0.4, -0.2) is 16.6 Å². The topological polar surface area (TPSA) is 35.0 Å². The molecule has 0 N–H and O–H groups in total. The Kier molecular flexibility index (Phi) is 4.34. The first kappa shape index (κ1) is 12.3. The Morgan fingerprint density at radius 1 is 1.29 bits per heavy atom. The summed E-state index contributed by atoms with van der Waals surface area (Å²) in [6.45, 7) is 0.532. The Morgan fingerprint density at radius 3 is 2.88 bits per heavy atom. The molecule has 88 valence electrons. The van der Waals surface area contributed by atoms with Gasteiger partial charge in [0.2, 0.25) is 5.88 Å². The molecule has 0 spiro atoms. The number of nitrogens with zero attached hydrogens (tertiary/aromatic N) is 2. The summed E-state index contributed by atoms with van der Waals surface area (Å²) in [6, 6.07) is 7.57. The molecule has 3 nitrogen and oxygen atoms in total. The van der Waals surface area contributed by atoms with E-state index in [0.717, 1.165) is 16.6 Å². The lowest BCUT2D eigenvalue weighted by Gasteiger charge is -2.06. The molecule has 5 heteroatoms. The molecule has 0 unspecified atom stereocenters. The van der Waals surface area contributed by atoms with Gasteiger partial charge in [0.1, 0.15) is 0 Å². The van der Waals surface area contributed by atoms with Gasteiger partial charge in [0.25, 0.3) is 0 Å². The molecular weight excluding hydrogens is 304 g/mol. The molecule has 0 aliphatic rings. The van der Waals surface area contributed by atoms with Crippen molar-refractivity contribution in [2.75, 3.05) is 6.61 Å². The normalized spacial score (nSPS) is 10.2. The fourth-order valence-electron chi connectivity index (χ4n) is 1.31. The quantitative estimate of drug-likeness (QED) is 0.866. The van der Waals surface area contributed by atoms with Gasteiger partial charge in [-0.25, -0.2) is 4.98 Å². The minimum Gasteiger partial charge on any atom is -0.476 e. The van der Waals surface area contributed by atoms with Crippen LogP contribution in [0.3, 0.4) is 0 Å². The second-order valence-electron chi connectivity index (χ2n) is 3.36. The van der Waals surface area contributed by atoms with Gasteiger partial charge in [0, 0.05) is 24.5 Å². The summed E-state index contributed by atoms with van der Waals surface area (Å²) in [5, 5.41) is 0.578. The molecule has 2 aromatic heterocycles. The van der Waals surface area contributed by atoms with Crippen molar-refractivity contribution in [1.29, 1.82) is 0 Å². The number of hydrogen-bond acceptors (Lipinski definition) is 3. The fraction of sp³-hybridized carbons (Fsp3) is 0.167. The highest BCUT2D eigenvalue weighted by atomic mass is 79.9. The SMILES string of the molecule is Clc1cnc(OCCc2ccccn2)c(Br)c1. The molecule has 0 aromatic carbocycles. The Morgan fingerprint density at radius 2 is 2.18 bits per heavy atom. The van der Waals surface area contributed by atoms with Gasteiger partial charge < -0.3 is 4.74 Å². The van der Waals surface area contributed by atoms with Crippen LogP contribution in [0.5, 0.6) is 5.88 Å². The first-order valence-corrected chi connectivity index (χ1v) is 6.26. The van der Waals surface area contributed by atoms with E-state index >= 15 is 0 Å². The van der Waals surface area contributed by atoms with Crippen LogP contribution in [0.15, 0.2) is 41.1 Å². The minimum absolute atomic E-state index is 0.532. The molecule has 0 aliphatic carbocycles. The van der Waals surface area contributed by atoms with Gasteiger partial charge in [0.15, 0.2) is 0 Å². The fourth-order valence-corrected chi connectivity index (χ4v) is 2.06. The molecule has 2 rings (SSSR count). The standard InChI is InChI=1S/C12H10BrClN2O/c13-11-7-9(14)8-16-12(11)17-6-4-10-3-1-2-5-15-10/h1-3,5,7-8H,4,6H2. The maximum atomic E-state index is 5.79. The highest BCUT2D eigenvalue weighted by molar-refractivity contribution is 9.10. The van der Waals surface area contributed by atoms with Crippen LogP contribution in [0, 0.1) is 0 Å². The number of hydrogen-bond donors (Lipinski definition) is 0. The molecule has 0 saturated heterocycles. The summed E-state index contributed by atoms with van der Waals surface area (Å²) in [6.07, 6.45) is 4.08.